The van der Waals surface area contributed by atoms with E-state index in [1.54, 1.807) is 0 Å². The van der Waals surface area contributed by atoms with Crippen LogP contribution < -0.4 is 5.73 Å². The average molecular weight is 254 g/mol. The second-order valence-corrected chi connectivity index (χ2v) is 6.20. The second-order valence-electron chi connectivity index (χ2n) is 5.52. The first kappa shape index (κ1) is 12.4. The van der Waals surface area contributed by atoms with Crippen LogP contribution in [0.2, 0.25) is 0 Å². The molecule has 0 spiro atoms. The standard InChI is InChI=1S/C13H17ClN2O/c1-12(2,3)16-10(13(14,15)11(16)17)9-7-5-4-6-8-9/h4-8,10H,15H2,1-3H3/p+1/t10-,13-/m0/s1. The second kappa shape index (κ2) is 3.72. The van der Waals surface area contributed by atoms with E-state index in [0.29, 0.717) is 0 Å². The molecular formula is C13H18ClN2O+. The summed E-state index contributed by atoms with van der Waals surface area (Å²) in [4.78, 5) is 12.8. The Kier molecular flexibility index (Phi) is 2.71. The van der Waals surface area contributed by atoms with Crippen LogP contribution in [0.1, 0.15) is 32.4 Å². The number of amides is 1. The van der Waals surface area contributed by atoms with Crippen LogP contribution in [0.5, 0.6) is 0 Å². The molecule has 0 unspecified atom stereocenters. The van der Waals surface area contributed by atoms with Gasteiger partial charge in [0.2, 0.25) is 0 Å². The van der Waals surface area contributed by atoms with Gasteiger partial charge in [-0.05, 0) is 37.9 Å². The number of halogens is 1. The predicted octanol–water partition coefficient (Wildman–Crippen LogP) is 1.55. The van der Waals surface area contributed by atoms with Crippen molar-refractivity contribution in [1.29, 1.82) is 0 Å². The number of rotatable bonds is 1. The fraction of sp³-hybridized carbons (Fsp3) is 0.462. The fourth-order valence-electron chi connectivity index (χ4n) is 2.31. The Bertz CT molecular complexity index is 436. The van der Waals surface area contributed by atoms with Crippen molar-refractivity contribution < 1.29 is 10.5 Å². The van der Waals surface area contributed by atoms with Gasteiger partial charge in [-0.1, -0.05) is 30.3 Å². The van der Waals surface area contributed by atoms with Crippen LogP contribution in [0.15, 0.2) is 30.3 Å². The van der Waals surface area contributed by atoms with E-state index in [4.69, 9.17) is 11.6 Å². The van der Waals surface area contributed by atoms with Gasteiger partial charge < -0.3 is 10.6 Å². The Morgan fingerprint density at radius 1 is 1.29 bits per heavy atom. The van der Waals surface area contributed by atoms with E-state index in [1.165, 1.54) is 0 Å². The third-order valence-corrected chi connectivity index (χ3v) is 3.47. The van der Waals surface area contributed by atoms with E-state index in [9.17, 15) is 4.79 Å². The minimum atomic E-state index is -1.06. The molecule has 1 aliphatic heterocycles. The topological polar surface area (TPSA) is 48.0 Å². The molecule has 1 aliphatic rings. The molecule has 1 saturated heterocycles. The molecule has 2 rings (SSSR count). The van der Waals surface area contributed by atoms with Crippen molar-refractivity contribution in [2.24, 2.45) is 0 Å². The third-order valence-electron chi connectivity index (χ3n) is 3.10. The van der Waals surface area contributed by atoms with E-state index in [1.807, 2.05) is 56.0 Å². The van der Waals surface area contributed by atoms with Crippen LogP contribution in [0.3, 0.4) is 0 Å². The lowest BCUT2D eigenvalue weighted by Gasteiger charge is -2.54. The molecule has 1 amide bonds. The van der Waals surface area contributed by atoms with Gasteiger partial charge in [0.05, 0.1) is 0 Å². The Morgan fingerprint density at radius 3 is 2.29 bits per heavy atom. The summed E-state index contributed by atoms with van der Waals surface area (Å²) in [6.07, 6.45) is 0. The Hall–Kier alpha value is -1.06. The smallest absolute Gasteiger partial charge is 0.304 e. The highest BCUT2D eigenvalue weighted by Gasteiger charge is 2.64. The Labute approximate surface area is 107 Å². The zero-order valence-electron chi connectivity index (χ0n) is 10.4. The Balaban J connectivity index is 2.41. The molecule has 3 N–H and O–H groups in total. The van der Waals surface area contributed by atoms with Crippen molar-refractivity contribution in [3.63, 3.8) is 0 Å². The van der Waals surface area contributed by atoms with Crippen LogP contribution in [0.25, 0.3) is 0 Å². The number of β-lactam (4-membered cyclic amide) rings is 1. The van der Waals surface area contributed by atoms with Gasteiger partial charge in [0.1, 0.15) is 6.04 Å². The zero-order chi connectivity index (χ0) is 12.8. The maximum absolute atomic E-state index is 12.0. The number of likely N-dealkylation sites (tertiary alicyclic amines) is 1. The molecule has 0 radical (unpaired) electrons. The Morgan fingerprint density at radius 2 is 1.82 bits per heavy atom. The molecule has 92 valence electrons. The number of quaternary nitrogens is 1. The molecule has 1 aromatic carbocycles. The molecule has 3 nitrogen and oxygen atoms in total. The van der Waals surface area contributed by atoms with Gasteiger partial charge in [-0.2, -0.15) is 0 Å². The lowest BCUT2D eigenvalue weighted by molar-refractivity contribution is -0.461. The van der Waals surface area contributed by atoms with E-state index in [-0.39, 0.29) is 17.5 Å². The van der Waals surface area contributed by atoms with Gasteiger partial charge in [0.15, 0.2) is 0 Å². The normalized spacial score (nSPS) is 29.1. The molecular weight excluding hydrogens is 236 g/mol. The molecule has 0 bridgehead atoms. The highest BCUT2D eigenvalue weighted by Crippen LogP contribution is 2.46. The molecule has 4 heteroatoms. The van der Waals surface area contributed by atoms with Crippen molar-refractivity contribution in [2.75, 3.05) is 0 Å². The van der Waals surface area contributed by atoms with Gasteiger partial charge in [0, 0.05) is 5.54 Å². The number of hydrogen-bond donors (Lipinski definition) is 1. The number of carbonyl (C=O) groups is 1. The largest absolute Gasteiger partial charge is 0.330 e. The monoisotopic (exact) mass is 253 g/mol. The maximum Gasteiger partial charge on any atom is 0.304 e. The average Bonchev–Trinajstić information content (AvgIpc) is 2.24. The lowest BCUT2D eigenvalue weighted by Crippen LogP contribution is -2.88. The van der Waals surface area contributed by atoms with Crippen LogP contribution >= 0.6 is 11.6 Å². The van der Waals surface area contributed by atoms with Crippen LogP contribution in [0.4, 0.5) is 0 Å². The maximum atomic E-state index is 12.0. The summed E-state index contributed by atoms with van der Waals surface area (Å²) in [6, 6.07) is 9.66. The first-order valence-corrected chi connectivity index (χ1v) is 6.07. The first-order chi connectivity index (χ1) is 7.76. The van der Waals surface area contributed by atoms with Crippen LogP contribution in [0, 0.1) is 0 Å². The van der Waals surface area contributed by atoms with Gasteiger partial charge in [-0.25, -0.2) is 0 Å². The molecule has 1 aromatic rings. The van der Waals surface area contributed by atoms with Crippen molar-refractivity contribution >= 4 is 17.5 Å². The molecule has 17 heavy (non-hydrogen) atoms. The first-order valence-electron chi connectivity index (χ1n) is 5.69. The molecule has 2 atom stereocenters. The van der Waals surface area contributed by atoms with Crippen molar-refractivity contribution in [3.8, 4) is 0 Å². The fourth-order valence-corrected chi connectivity index (χ4v) is 2.63. The zero-order valence-corrected chi connectivity index (χ0v) is 11.2. The van der Waals surface area contributed by atoms with E-state index in [0.717, 1.165) is 5.56 Å². The van der Waals surface area contributed by atoms with Crippen molar-refractivity contribution in [1.82, 2.24) is 4.90 Å². The van der Waals surface area contributed by atoms with Gasteiger partial charge >= 0.3 is 5.91 Å². The summed E-state index contributed by atoms with van der Waals surface area (Å²) in [6.45, 7) is 6.02. The molecule has 1 fully saturated rings. The third kappa shape index (κ3) is 1.83. The van der Waals surface area contributed by atoms with Gasteiger partial charge in [-0.3, -0.25) is 4.79 Å². The summed E-state index contributed by atoms with van der Waals surface area (Å²) in [7, 11) is 0. The quantitative estimate of drug-likeness (QED) is 0.461. The summed E-state index contributed by atoms with van der Waals surface area (Å²) in [5, 5.41) is 0. The predicted molar refractivity (Wildman–Crippen MR) is 67.3 cm³/mol. The summed E-state index contributed by atoms with van der Waals surface area (Å²) < 4.78 is 0. The SMILES string of the molecule is CC(C)(C)N1C(=O)[C@]([NH3+])(Cl)[C@@H]1c1ccccc1. The number of nitrogens with zero attached hydrogens (tertiary/aromatic N) is 1. The van der Waals surface area contributed by atoms with Crippen LogP contribution in [-0.4, -0.2) is 21.3 Å². The molecule has 1 heterocycles. The summed E-state index contributed by atoms with van der Waals surface area (Å²) >= 11 is 6.25. The van der Waals surface area contributed by atoms with E-state index >= 15 is 0 Å². The van der Waals surface area contributed by atoms with E-state index < -0.39 is 5.00 Å². The molecule has 0 aromatic heterocycles. The number of benzene rings is 1. The van der Waals surface area contributed by atoms with Gasteiger partial charge in [0.25, 0.3) is 5.00 Å². The number of hydrogen-bond acceptors (Lipinski definition) is 1. The van der Waals surface area contributed by atoms with Gasteiger partial charge in [-0.15, -0.1) is 0 Å². The number of alkyl halides is 1. The van der Waals surface area contributed by atoms with Crippen molar-refractivity contribution in [2.45, 2.75) is 37.4 Å². The summed E-state index contributed by atoms with van der Waals surface area (Å²) in [5.74, 6) is -0.0967. The highest BCUT2D eigenvalue weighted by atomic mass is 35.5. The minimum Gasteiger partial charge on any atom is -0.330 e. The highest BCUT2D eigenvalue weighted by molar-refractivity contribution is 6.36. The molecule has 0 saturated carbocycles. The van der Waals surface area contributed by atoms with Crippen LogP contribution in [-0.2, 0) is 4.79 Å². The lowest BCUT2D eigenvalue weighted by atomic mass is 9.83. The van der Waals surface area contributed by atoms with E-state index in [2.05, 4.69) is 5.73 Å². The molecule has 0 aliphatic carbocycles. The number of carbonyl (C=O) groups excluding carboxylic acids is 1. The summed E-state index contributed by atoms with van der Waals surface area (Å²) in [5.41, 5.74) is 4.64. The van der Waals surface area contributed by atoms with Crippen molar-refractivity contribution in [3.05, 3.63) is 35.9 Å². The minimum absolute atomic E-state index is 0.0967.